The van der Waals surface area contributed by atoms with Crippen molar-refractivity contribution in [3.05, 3.63) is 86.7 Å². The third kappa shape index (κ3) is 4.69. The van der Waals surface area contributed by atoms with E-state index >= 15 is 0 Å². The van der Waals surface area contributed by atoms with Gasteiger partial charge in [0.1, 0.15) is 29.8 Å². The minimum absolute atomic E-state index is 0.0434. The van der Waals surface area contributed by atoms with Gasteiger partial charge in [-0.15, -0.1) is 0 Å². The van der Waals surface area contributed by atoms with E-state index in [1.807, 2.05) is 0 Å². The summed E-state index contributed by atoms with van der Waals surface area (Å²) < 4.78 is 48.3. The van der Waals surface area contributed by atoms with Gasteiger partial charge in [-0.25, -0.2) is 19.3 Å². The van der Waals surface area contributed by atoms with Crippen LogP contribution < -0.4 is 10.3 Å². The Morgan fingerprint density at radius 3 is 2.70 bits per heavy atom. The molecule has 0 spiro atoms. The van der Waals surface area contributed by atoms with E-state index in [0.29, 0.717) is 28.1 Å². The average molecular weight is 569 g/mol. The molecule has 3 heterocycles. The first-order chi connectivity index (χ1) is 19.0. The van der Waals surface area contributed by atoms with Crippen LogP contribution in [0.15, 0.2) is 53.6 Å². The van der Waals surface area contributed by atoms with E-state index < -0.39 is 28.8 Å². The van der Waals surface area contributed by atoms with Crippen molar-refractivity contribution in [1.29, 1.82) is 5.26 Å². The van der Waals surface area contributed by atoms with Crippen molar-refractivity contribution in [2.24, 2.45) is 0 Å². The Labute approximate surface area is 227 Å². The fraction of sp³-hybridized carbons (Fsp3) is 0.154. The lowest BCUT2D eigenvalue weighted by Crippen LogP contribution is -2.27. The molecule has 0 aliphatic heterocycles. The van der Waals surface area contributed by atoms with Crippen LogP contribution in [0.2, 0.25) is 5.02 Å². The van der Waals surface area contributed by atoms with Crippen molar-refractivity contribution in [1.82, 2.24) is 24.1 Å². The van der Waals surface area contributed by atoms with Crippen molar-refractivity contribution >= 4 is 34.1 Å². The Bertz CT molecular complexity index is 1930. The maximum Gasteiger partial charge on any atom is 0.416 e. The second-order valence-corrected chi connectivity index (χ2v) is 9.00. The number of fused-ring (bicyclic) bond motifs is 2. The minimum Gasteiger partial charge on any atom is -0.491 e. The van der Waals surface area contributed by atoms with Gasteiger partial charge in [-0.05, 0) is 43.3 Å². The molecule has 0 atom stereocenters. The van der Waals surface area contributed by atoms with Crippen LogP contribution in [0.4, 0.5) is 13.2 Å². The SMILES string of the molecule is Cc1nc2cc(C(F)(F)F)cc(C#N)c2c(=O)n1CCOc1ccc(Cl)cc1-c1ccnc2c(C(=O)O)cnn12. The van der Waals surface area contributed by atoms with Crippen LogP contribution >= 0.6 is 11.6 Å². The van der Waals surface area contributed by atoms with Gasteiger partial charge in [-0.1, -0.05) is 11.6 Å². The standard InChI is InChI=1S/C26H16ClF3N6O4/c1-13-34-19-9-15(26(28,29)30)8-14(11-31)22(19)24(37)35(13)6-7-40-21-3-2-16(27)10-17(21)20-4-5-32-23-18(25(38)39)12-33-36(20)23/h2-5,8-10,12H,6-7H2,1H3,(H,38,39). The van der Waals surface area contributed by atoms with Gasteiger partial charge < -0.3 is 9.84 Å². The highest BCUT2D eigenvalue weighted by atomic mass is 35.5. The molecule has 0 fully saturated rings. The van der Waals surface area contributed by atoms with Gasteiger partial charge in [0.15, 0.2) is 5.65 Å². The predicted octanol–water partition coefficient (Wildman–Crippen LogP) is 4.74. The molecule has 0 bridgehead atoms. The Morgan fingerprint density at radius 1 is 1.23 bits per heavy atom. The Morgan fingerprint density at radius 2 is 2.00 bits per heavy atom. The molecule has 5 rings (SSSR count). The molecule has 40 heavy (non-hydrogen) atoms. The van der Waals surface area contributed by atoms with Crippen molar-refractivity contribution in [3.8, 4) is 23.1 Å². The first-order valence-corrected chi connectivity index (χ1v) is 11.9. The molecule has 0 unspecified atom stereocenters. The highest BCUT2D eigenvalue weighted by Gasteiger charge is 2.32. The van der Waals surface area contributed by atoms with E-state index in [1.165, 1.54) is 28.4 Å². The summed E-state index contributed by atoms with van der Waals surface area (Å²) in [6.45, 7) is 1.35. The molecule has 14 heteroatoms. The van der Waals surface area contributed by atoms with Crippen molar-refractivity contribution in [2.45, 2.75) is 19.6 Å². The summed E-state index contributed by atoms with van der Waals surface area (Å²) >= 11 is 6.22. The third-order valence-corrected chi connectivity index (χ3v) is 6.35. The van der Waals surface area contributed by atoms with Gasteiger partial charge in [0.05, 0.1) is 40.5 Å². The smallest absolute Gasteiger partial charge is 0.416 e. The topological polar surface area (TPSA) is 135 Å². The number of ether oxygens (including phenoxy) is 1. The molecule has 0 amide bonds. The molecule has 0 aliphatic carbocycles. The molecule has 0 radical (unpaired) electrons. The zero-order valence-electron chi connectivity index (χ0n) is 20.4. The number of aryl methyl sites for hydroxylation is 1. The average Bonchev–Trinajstić information content (AvgIpc) is 3.34. The molecular formula is C26H16ClF3N6O4. The zero-order valence-corrected chi connectivity index (χ0v) is 21.2. The normalized spacial score (nSPS) is 11.6. The summed E-state index contributed by atoms with van der Waals surface area (Å²) in [5.74, 6) is -0.730. The first-order valence-electron chi connectivity index (χ1n) is 11.5. The number of rotatable bonds is 6. The van der Waals surface area contributed by atoms with Crippen molar-refractivity contribution < 1.29 is 27.8 Å². The Balaban J connectivity index is 1.49. The van der Waals surface area contributed by atoms with Crippen LogP contribution in [0.5, 0.6) is 5.75 Å². The van der Waals surface area contributed by atoms with Crippen molar-refractivity contribution in [3.63, 3.8) is 0 Å². The van der Waals surface area contributed by atoms with Crippen LogP contribution in [-0.2, 0) is 12.7 Å². The number of carbonyl (C=O) groups is 1. The summed E-state index contributed by atoms with van der Waals surface area (Å²) in [4.78, 5) is 33.0. The molecule has 202 valence electrons. The Kier molecular flexibility index (Phi) is 6.64. The number of benzene rings is 2. The van der Waals surface area contributed by atoms with Crippen LogP contribution in [0.25, 0.3) is 27.8 Å². The number of aromatic nitrogens is 5. The third-order valence-electron chi connectivity index (χ3n) is 6.12. The van der Waals surface area contributed by atoms with Gasteiger partial charge in [0.2, 0.25) is 0 Å². The second-order valence-electron chi connectivity index (χ2n) is 8.56. The quantitative estimate of drug-likeness (QED) is 0.310. The van der Waals surface area contributed by atoms with Gasteiger partial charge in [-0.2, -0.15) is 23.5 Å². The van der Waals surface area contributed by atoms with Crippen LogP contribution in [0.3, 0.4) is 0 Å². The van der Waals surface area contributed by atoms with Crippen LogP contribution in [-0.4, -0.2) is 41.8 Å². The van der Waals surface area contributed by atoms with E-state index in [-0.39, 0.29) is 41.1 Å². The lowest BCUT2D eigenvalue weighted by molar-refractivity contribution is -0.137. The lowest BCUT2D eigenvalue weighted by atomic mass is 10.1. The second kappa shape index (κ2) is 9.97. The molecule has 10 nitrogen and oxygen atoms in total. The molecule has 1 N–H and O–H groups in total. The minimum atomic E-state index is -4.71. The monoisotopic (exact) mass is 568 g/mol. The van der Waals surface area contributed by atoms with E-state index in [2.05, 4.69) is 15.1 Å². The molecule has 0 saturated heterocycles. The Hall–Kier alpha value is -4.96. The van der Waals surface area contributed by atoms with E-state index in [4.69, 9.17) is 16.3 Å². The summed E-state index contributed by atoms with van der Waals surface area (Å²) in [7, 11) is 0. The number of hydrogen-bond acceptors (Lipinski definition) is 7. The number of halogens is 4. The number of alkyl halides is 3. The first kappa shape index (κ1) is 26.6. The van der Waals surface area contributed by atoms with Crippen LogP contribution in [0.1, 0.15) is 27.3 Å². The summed E-state index contributed by atoms with van der Waals surface area (Å²) in [6.07, 6.45) is -2.11. The van der Waals surface area contributed by atoms with E-state index in [0.717, 1.165) is 6.07 Å². The molecule has 3 aromatic heterocycles. The maximum atomic E-state index is 13.3. The number of aromatic carboxylic acids is 1. The lowest BCUT2D eigenvalue weighted by Gasteiger charge is -2.16. The highest BCUT2D eigenvalue weighted by Crippen LogP contribution is 2.34. The zero-order chi connectivity index (χ0) is 28.8. The number of nitrogens with zero attached hydrogens (tertiary/aromatic N) is 6. The summed E-state index contributed by atoms with van der Waals surface area (Å²) in [5, 5.41) is 23.1. The predicted molar refractivity (Wildman–Crippen MR) is 136 cm³/mol. The van der Waals surface area contributed by atoms with Gasteiger partial charge >= 0.3 is 12.1 Å². The number of carboxylic acids is 1. The molecule has 0 aliphatic rings. The van der Waals surface area contributed by atoms with Gasteiger partial charge in [0.25, 0.3) is 5.56 Å². The molecule has 2 aromatic carbocycles. The van der Waals surface area contributed by atoms with E-state index in [9.17, 15) is 33.1 Å². The van der Waals surface area contributed by atoms with Crippen molar-refractivity contribution in [2.75, 3.05) is 6.61 Å². The highest BCUT2D eigenvalue weighted by molar-refractivity contribution is 6.31. The summed E-state index contributed by atoms with van der Waals surface area (Å²) in [5.41, 5.74) is -1.49. The number of carboxylic acid groups (broad SMARTS) is 1. The maximum absolute atomic E-state index is 13.3. The summed E-state index contributed by atoms with van der Waals surface area (Å²) in [6, 6.07) is 9.40. The number of hydrogen-bond donors (Lipinski definition) is 1. The van der Waals surface area contributed by atoms with E-state index in [1.54, 1.807) is 30.3 Å². The number of nitriles is 1. The van der Waals surface area contributed by atoms with Crippen LogP contribution in [0, 0.1) is 18.3 Å². The molecular weight excluding hydrogens is 553 g/mol. The fourth-order valence-electron chi connectivity index (χ4n) is 4.29. The van der Waals surface area contributed by atoms with Gasteiger partial charge in [-0.3, -0.25) is 9.36 Å². The van der Waals surface area contributed by atoms with Gasteiger partial charge in [0, 0.05) is 16.8 Å². The fourth-order valence-corrected chi connectivity index (χ4v) is 4.47. The largest absolute Gasteiger partial charge is 0.491 e. The molecule has 5 aromatic rings. The molecule has 0 saturated carbocycles.